The van der Waals surface area contributed by atoms with Gasteiger partial charge in [-0.25, -0.2) is 4.79 Å². The summed E-state index contributed by atoms with van der Waals surface area (Å²) in [6.07, 6.45) is 1.56. The molecule has 0 unspecified atom stereocenters. The number of morpholine rings is 1. The average Bonchev–Trinajstić information content (AvgIpc) is 3.24. The molecular weight excluding hydrogens is 362 g/mol. The standard InChI is InChI=1S/C20H21N3O3S/c24-17(18-7-3-11-27-18)12-15-13-26-10-9-23(15)20(25)22-16-6-1-4-14-5-2-8-21-19(14)16/h1-8,11,15,17,24H,9-10,12-13H2,(H,22,25)/t15-,17-/m0/s1. The number of hydrogen-bond donors (Lipinski definition) is 2. The SMILES string of the molecule is O=C(Nc1cccc2cccnc12)N1CCOC[C@@H]1C[C@H](O)c1cccs1. The molecule has 3 heterocycles. The fourth-order valence-corrected chi connectivity index (χ4v) is 4.09. The zero-order chi connectivity index (χ0) is 18.6. The normalized spacial score (nSPS) is 18.4. The fourth-order valence-electron chi connectivity index (χ4n) is 3.36. The molecule has 2 N–H and O–H groups in total. The van der Waals surface area contributed by atoms with E-state index in [4.69, 9.17) is 4.74 Å². The number of thiophene rings is 1. The van der Waals surface area contributed by atoms with Crippen LogP contribution in [0.25, 0.3) is 10.9 Å². The highest BCUT2D eigenvalue weighted by Crippen LogP contribution is 2.27. The molecule has 3 aromatic rings. The summed E-state index contributed by atoms with van der Waals surface area (Å²) in [4.78, 5) is 20.0. The van der Waals surface area contributed by atoms with Crippen LogP contribution in [-0.2, 0) is 4.74 Å². The molecule has 2 amide bonds. The highest BCUT2D eigenvalue weighted by atomic mass is 32.1. The maximum atomic E-state index is 12.9. The van der Waals surface area contributed by atoms with E-state index < -0.39 is 6.10 Å². The molecule has 7 heteroatoms. The lowest BCUT2D eigenvalue weighted by molar-refractivity contribution is -0.00382. The number of nitrogens with one attached hydrogen (secondary N) is 1. The molecule has 140 valence electrons. The van der Waals surface area contributed by atoms with E-state index in [0.29, 0.717) is 31.9 Å². The molecule has 27 heavy (non-hydrogen) atoms. The van der Waals surface area contributed by atoms with Crippen molar-refractivity contribution in [1.29, 1.82) is 0 Å². The van der Waals surface area contributed by atoms with Crippen LogP contribution < -0.4 is 5.32 Å². The molecule has 4 rings (SSSR count). The van der Waals surface area contributed by atoms with Crippen LogP contribution in [-0.4, -0.2) is 46.8 Å². The van der Waals surface area contributed by atoms with Gasteiger partial charge in [0, 0.05) is 29.4 Å². The number of urea groups is 1. The summed E-state index contributed by atoms with van der Waals surface area (Å²) in [6, 6.07) is 13.0. The van der Waals surface area contributed by atoms with E-state index in [1.54, 1.807) is 11.1 Å². The van der Waals surface area contributed by atoms with E-state index in [2.05, 4.69) is 10.3 Å². The Bertz CT molecular complexity index is 910. The predicted molar refractivity (Wildman–Crippen MR) is 106 cm³/mol. The first-order valence-electron chi connectivity index (χ1n) is 8.93. The molecule has 0 spiro atoms. The van der Waals surface area contributed by atoms with Crippen LogP contribution in [0.1, 0.15) is 17.4 Å². The summed E-state index contributed by atoms with van der Waals surface area (Å²) in [5, 5.41) is 16.4. The number of para-hydroxylation sites is 1. The lowest BCUT2D eigenvalue weighted by Crippen LogP contribution is -2.50. The molecule has 2 aromatic heterocycles. The number of pyridine rings is 1. The molecule has 2 atom stereocenters. The van der Waals surface area contributed by atoms with E-state index in [9.17, 15) is 9.90 Å². The zero-order valence-electron chi connectivity index (χ0n) is 14.7. The summed E-state index contributed by atoms with van der Waals surface area (Å²) >= 11 is 1.52. The molecule has 0 bridgehead atoms. The number of aromatic nitrogens is 1. The van der Waals surface area contributed by atoms with E-state index in [1.165, 1.54) is 11.3 Å². The highest BCUT2D eigenvalue weighted by molar-refractivity contribution is 7.10. The number of rotatable bonds is 4. The molecular formula is C20H21N3O3S. The number of carbonyl (C=O) groups excluding carboxylic acids is 1. The summed E-state index contributed by atoms with van der Waals surface area (Å²) in [7, 11) is 0. The number of amides is 2. The molecule has 0 radical (unpaired) electrons. The topological polar surface area (TPSA) is 74.7 Å². The van der Waals surface area contributed by atoms with Gasteiger partial charge in [0.2, 0.25) is 0 Å². The number of ether oxygens (including phenoxy) is 1. The number of carbonyl (C=O) groups is 1. The minimum Gasteiger partial charge on any atom is -0.387 e. The van der Waals surface area contributed by atoms with Crippen LogP contribution in [0, 0.1) is 0 Å². The molecule has 1 aromatic carbocycles. The number of anilines is 1. The van der Waals surface area contributed by atoms with Gasteiger partial charge in [0.1, 0.15) is 0 Å². The number of fused-ring (bicyclic) bond motifs is 1. The second kappa shape index (κ2) is 8.04. The summed E-state index contributed by atoms with van der Waals surface area (Å²) in [6.45, 7) is 1.41. The van der Waals surface area contributed by atoms with Crippen LogP contribution in [0.2, 0.25) is 0 Å². The molecule has 0 aliphatic carbocycles. The van der Waals surface area contributed by atoms with Crippen molar-refractivity contribution < 1.29 is 14.6 Å². The first-order valence-corrected chi connectivity index (χ1v) is 9.81. The van der Waals surface area contributed by atoms with Gasteiger partial charge >= 0.3 is 6.03 Å². The quantitative estimate of drug-likeness (QED) is 0.721. The van der Waals surface area contributed by atoms with Crippen molar-refractivity contribution in [3.05, 3.63) is 58.9 Å². The van der Waals surface area contributed by atoms with Gasteiger partial charge in [-0.3, -0.25) is 4.98 Å². The fraction of sp³-hybridized carbons (Fsp3) is 0.300. The van der Waals surface area contributed by atoms with Gasteiger partial charge < -0.3 is 20.1 Å². The number of benzene rings is 1. The third-order valence-corrected chi connectivity index (χ3v) is 5.70. The van der Waals surface area contributed by atoms with Crippen molar-refractivity contribution in [3.8, 4) is 0 Å². The minimum atomic E-state index is -0.605. The molecule has 1 fully saturated rings. The van der Waals surface area contributed by atoms with Crippen LogP contribution in [0.5, 0.6) is 0 Å². The van der Waals surface area contributed by atoms with Crippen molar-refractivity contribution in [2.24, 2.45) is 0 Å². The van der Waals surface area contributed by atoms with Crippen molar-refractivity contribution in [3.63, 3.8) is 0 Å². The maximum absolute atomic E-state index is 12.9. The van der Waals surface area contributed by atoms with Gasteiger partial charge in [-0.05, 0) is 23.6 Å². The minimum absolute atomic E-state index is 0.182. The smallest absolute Gasteiger partial charge is 0.322 e. The van der Waals surface area contributed by atoms with E-state index in [-0.39, 0.29) is 12.1 Å². The number of nitrogens with zero attached hydrogens (tertiary/aromatic N) is 2. The van der Waals surface area contributed by atoms with Gasteiger partial charge in [-0.2, -0.15) is 0 Å². The summed E-state index contributed by atoms with van der Waals surface area (Å²) < 4.78 is 5.56. The van der Waals surface area contributed by atoms with Gasteiger partial charge in [-0.15, -0.1) is 11.3 Å². The average molecular weight is 383 g/mol. The summed E-state index contributed by atoms with van der Waals surface area (Å²) in [5.41, 5.74) is 1.44. The second-order valence-corrected chi connectivity index (χ2v) is 7.48. The number of hydrogen-bond acceptors (Lipinski definition) is 5. The van der Waals surface area contributed by atoms with E-state index >= 15 is 0 Å². The first kappa shape index (κ1) is 17.9. The maximum Gasteiger partial charge on any atom is 0.322 e. The molecule has 1 aliphatic heterocycles. The Morgan fingerprint density at radius 3 is 3.07 bits per heavy atom. The Morgan fingerprint density at radius 1 is 1.33 bits per heavy atom. The van der Waals surface area contributed by atoms with Crippen LogP contribution in [0.3, 0.4) is 0 Å². The number of aliphatic hydroxyl groups excluding tert-OH is 1. The third-order valence-electron chi connectivity index (χ3n) is 4.73. The second-order valence-electron chi connectivity index (χ2n) is 6.50. The van der Waals surface area contributed by atoms with Gasteiger partial charge in [0.05, 0.1) is 36.6 Å². The van der Waals surface area contributed by atoms with Crippen molar-refractivity contribution in [1.82, 2.24) is 9.88 Å². The Kier molecular flexibility index (Phi) is 5.33. The largest absolute Gasteiger partial charge is 0.387 e. The first-order chi connectivity index (χ1) is 13.2. The van der Waals surface area contributed by atoms with E-state index in [0.717, 1.165) is 15.8 Å². The van der Waals surface area contributed by atoms with Gasteiger partial charge in [-0.1, -0.05) is 24.3 Å². The lowest BCUT2D eigenvalue weighted by Gasteiger charge is -2.36. The molecule has 1 saturated heterocycles. The Balaban J connectivity index is 1.50. The monoisotopic (exact) mass is 383 g/mol. The van der Waals surface area contributed by atoms with Crippen molar-refractivity contribution in [2.75, 3.05) is 25.1 Å². The number of aliphatic hydroxyl groups is 1. The molecule has 1 aliphatic rings. The molecule has 0 saturated carbocycles. The van der Waals surface area contributed by atoms with E-state index in [1.807, 2.05) is 47.8 Å². The van der Waals surface area contributed by atoms with Crippen molar-refractivity contribution in [2.45, 2.75) is 18.6 Å². The lowest BCUT2D eigenvalue weighted by atomic mass is 10.1. The Hall–Kier alpha value is -2.48. The van der Waals surface area contributed by atoms with Crippen LogP contribution in [0.4, 0.5) is 10.5 Å². The Labute approximate surface area is 161 Å². The van der Waals surface area contributed by atoms with Gasteiger partial charge in [0.25, 0.3) is 0 Å². The third kappa shape index (κ3) is 3.95. The van der Waals surface area contributed by atoms with Gasteiger partial charge in [0.15, 0.2) is 0 Å². The Morgan fingerprint density at radius 2 is 2.22 bits per heavy atom. The summed E-state index contributed by atoms with van der Waals surface area (Å²) in [5.74, 6) is 0. The van der Waals surface area contributed by atoms with Crippen molar-refractivity contribution >= 4 is 34.0 Å². The zero-order valence-corrected chi connectivity index (χ0v) is 15.6. The van der Waals surface area contributed by atoms with Crippen LogP contribution in [0.15, 0.2) is 54.0 Å². The van der Waals surface area contributed by atoms with Crippen LogP contribution >= 0.6 is 11.3 Å². The predicted octanol–water partition coefficient (Wildman–Crippen LogP) is 3.65. The highest BCUT2D eigenvalue weighted by Gasteiger charge is 2.30. The molecule has 6 nitrogen and oxygen atoms in total.